The summed E-state index contributed by atoms with van der Waals surface area (Å²) < 4.78 is 27.3. The molecule has 2 atom stereocenters. The summed E-state index contributed by atoms with van der Waals surface area (Å²) in [5.41, 5.74) is 0. The second-order valence-corrected chi connectivity index (χ2v) is 7.00. The van der Waals surface area contributed by atoms with E-state index in [4.69, 9.17) is 4.18 Å². The van der Waals surface area contributed by atoms with Crippen LogP contribution < -0.4 is 0 Å². The van der Waals surface area contributed by atoms with Gasteiger partial charge >= 0.3 is 0 Å². The molecule has 0 amide bonds. The van der Waals surface area contributed by atoms with Crippen molar-refractivity contribution in [2.75, 3.05) is 32.1 Å². The van der Waals surface area contributed by atoms with Crippen LogP contribution in [0.1, 0.15) is 13.3 Å². The Hall–Kier alpha value is 0.220. The number of likely N-dealkylation sites (tertiary alicyclic amines) is 1. The van der Waals surface area contributed by atoms with Gasteiger partial charge in [-0.05, 0) is 19.2 Å². The van der Waals surface area contributed by atoms with Crippen LogP contribution >= 0.6 is 11.8 Å². The molecule has 0 spiro atoms. The average molecular weight is 253 g/mol. The summed E-state index contributed by atoms with van der Waals surface area (Å²) >= 11 is 1.77. The maximum absolute atomic E-state index is 11.1. The van der Waals surface area contributed by atoms with Crippen molar-refractivity contribution in [1.29, 1.82) is 0 Å². The molecule has 6 heteroatoms. The number of thioether (sulfide) groups is 1. The summed E-state index contributed by atoms with van der Waals surface area (Å²) in [6, 6.07) is 0. The molecule has 0 aromatic heterocycles. The van der Waals surface area contributed by atoms with Crippen molar-refractivity contribution in [3.05, 3.63) is 0 Å². The van der Waals surface area contributed by atoms with Crippen LogP contribution in [0, 0.1) is 0 Å². The largest absolute Gasteiger partial charge is 0.305 e. The summed E-state index contributed by atoms with van der Waals surface area (Å²) in [7, 11) is -1.27. The van der Waals surface area contributed by atoms with E-state index >= 15 is 0 Å². The minimum Gasteiger partial charge on any atom is -0.305 e. The summed E-state index contributed by atoms with van der Waals surface area (Å²) in [5, 5.41) is 0.267. The van der Waals surface area contributed by atoms with E-state index in [-0.39, 0.29) is 11.4 Å². The lowest BCUT2D eigenvalue weighted by Gasteiger charge is -2.35. The summed E-state index contributed by atoms with van der Waals surface area (Å²) in [4.78, 5) is 2.22. The van der Waals surface area contributed by atoms with Gasteiger partial charge in [0, 0.05) is 18.3 Å². The highest BCUT2D eigenvalue weighted by molar-refractivity contribution is 8.00. The minimum atomic E-state index is -3.32. The first-order chi connectivity index (χ1) is 6.92. The molecule has 1 aliphatic rings. The maximum atomic E-state index is 11.1. The fourth-order valence-corrected chi connectivity index (χ4v) is 3.70. The fourth-order valence-electron chi connectivity index (χ4n) is 1.76. The lowest BCUT2D eigenvalue weighted by atomic mass is 10.1. The Morgan fingerprint density at radius 3 is 2.73 bits per heavy atom. The molecule has 1 saturated heterocycles. The summed E-state index contributed by atoms with van der Waals surface area (Å²) in [6.45, 7) is 3.89. The molecule has 0 aromatic rings. The molecular formula is C9H19NO3S2. The third-order valence-corrected chi connectivity index (χ3v) is 4.19. The van der Waals surface area contributed by atoms with Gasteiger partial charge in [0.1, 0.15) is 0 Å². The molecule has 1 rings (SSSR count). The highest BCUT2D eigenvalue weighted by atomic mass is 32.2. The Morgan fingerprint density at radius 1 is 1.53 bits per heavy atom. The maximum Gasteiger partial charge on any atom is 0.264 e. The first-order valence-corrected chi connectivity index (χ1v) is 7.97. The number of hydrogen-bond acceptors (Lipinski definition) is 5. The zero-order chi connectivity index (χ0) is 11.5. The Bertz CT molecular complexity index is 292. The zero-order valence-electron chi connectivity index (χ0n) is 9.47. The van der Waals surface area contributed by atoms with Crippen molar-refractivity contribution in [1.82, 2.24) is 4.90 Å². The Morgan fingerprint density at radius 2 is 2.20 bits per heavy atom. The van der Waals surface area contributed by atoms with Gasteiger partial charge in [0.2, 0.25) is 0 Å². The normalized spacial score (nSPS) is 29.3. The van der Waals surface area contributed by atoms with E-state index in [1.807, 2.05) is 0 Å². The van der Waals surface area contributed by atoms with Crippen LogP contribution in [-0.2, 0) is 14.3 Å². The quantitative estimate of drug-likeness (QED) is 0.693. The van der Waals surface area contributed by atoms with Gasteiger partial charge in [0.05, 0.1) is 12.4 Å². The lowest BCUT2D eigenvalue weighted by molar-refractivity contribution is 0.128. The van der Waals surface area contributed by atoms with Crippen molar-refractivity contribution >= 4 is 21.9 Å². The molecule has 0 N–H and O–H groups in total. The Balaban J connectivity index is 2.60. The second kappa shape index (κ2) is 5.52. The SMILES string of the molecule is CCSC1CN(C)CCC1OS(C)(=O)=O. The smallest absolute Gasteiger partial charge is 0.264 e. The Labute approximate surface area is 96.5 Å². The highest BCUT2D eigenvalue weighted by Gasteiger charge is 2.30. The molecule has 0 saturated carbocycles. The predicted octanol–water partition coefficient (Wildman–Crippen LogP) is 0.788. The lowest BCUT2D eigenvalue weighted by Crippen LogP contribution is -2.45. The predicted molar refractivity (Wildman–Crippen MR) is 63.8 cm³/mol. The van der Waals surface area contributed by atoms with E-state index in [2.05, 4.69) is 18.9 Å². The Kier molecular flexibility index (Phi) is 4.89. The summed E-state index contributed by atoms with van der Waals surface area (Å²) in [5.74, 6) is 0.988. The van der Waals surface area contributed by atoms with Crippen LogP contribution in [0.5, 0.6) is 0 Å². The fraction of sp³-hybridized carbons (Fsp3) is 1.00. The van der Waals surface area contributed by atoms with Gasteiger partial charge in [0.15, 0.2) is 0 Å². The monoisotopic (exact) mass is 253 g/mol. The van der Waals surface area contributed by atoms with E-state index in [9.17, 15) is 8.42 Å². The third-order valence-electron chi connectivity index (χ3n) is 2.38. The molecule has 0 bridgehead atoms. The van der Waals surface area contributed by atoms with Gasteiger partial charge < -0.3 is 4.90 Å². The average Bonchev–Trinajstić information content (AvgIpc) is 2.08. The topological polar surface area (TPSA) is 46.6 Å². The van der Waals surface area contributed by atoms with Gasteiger partial charge in [-0.2, -0.15) is 20.2 Å². The number of nitrogens with zero attached hydrogens (tertiary/aromatic N) is 1. The van der Waals surface area contributed by atoms with Crippen molar-refractivity contribution in [2.45, 2.75) is 24.7 Å². The third kappa shape index (κ3) is 4.72. The molecule has 1 heterocycles. The molecule has 90 valence electrons. The van der Waals surface area contributed by atoms with E-state index in [1.165, 1.54) is 0 Å². The molecule has 1 fully saturated rings. The van der Waals surface area contributed by atoms with Gasteiger partial charge in [-0.15, -0.1) is 0 Å². The van der Waals surface area contributed by atoms with Gasteiger partial charge in [-0.1, -0.05) is 6.92 Å². The van der Waals surface area contributed by atoms with Crippen molar-refractivity contribution in [2.24, 2.45) is 0 Å². The van der Waals surface area contributed by atoms with E-state index in [0.717, 1.165) is 31.5 Å². The molecule has 4 nitrogen and oxygen atoms in total. The standard InChI is InChI=1S/C9H19NO3S2/c1-4-14-9-7-10(2)6-5-8(9)13-15(3,11)12/h8-9H,4-7H2,1-3H3. The molecule has 0 aromatic carbocycles. The molecule has 2 unspecified atom stereocenters. The van der Waals surface area contributed by atoms with Gasteiger partial charge in [-0.3, -0.25) is 4.18 Å². The van der Waals surface area contributed by atoms with Crippen molar-refractivity contribution < 1.29 is 12.6 Å². The van der Waals surface area contributed by atoms with Crippen LogP contribution in [-0.4, -0.2) is 56.8 Å². The number of piperidine rings is 1. The highest BCUT2D eigenvalue weighted by Crippen LogP contribution is 2.25. The first kappa shape index (κ1) is 13.3. The molecular weight excluding hydrogens is 234 g/mol. The number of hydrogen-bond donors (Lipinski definition) is 0. The van der Waals surface area contributed by atoms with Crippen molar-refractivity contribution in [3.8, 4) is 0 Å². The number of rotatable bonds is 4. The molecule has 0 radical (unpaired) electrons. The zero-order valence-corrected chi connectivity index (χ0v) is 11.1. The van der Waals surface area contributed by atoms with Crippen LogP contribution in [0.25, 0.3) is 0 Å². The summed E-state index contributed by atoms with van der Waals surface area (Å²) in [6.07, 6.45) is 1.77. The second-order valence-electron chi connectivity index (χ2n) is 3.88. The molecule has 0 aliphatic carbocycles. The van der Waals surface area contributed by atoms with Crippen molar-refractivity contribution in [3.63, 3.8) is 0 Å². The first-order valence-electron chi connectivity index (χ1n) is 5.10. The minimum absolute atomic E-state index is 0.152. The molecule has 1 aliphatic heterocycles. The van der Waals surface area contributed by atoms with Crippen LogP contribution in [0.2, 0.25) is 0 Å². The van der Waals surface area contributed by atoms with Gasteiger partial charge in [-0.25, -0.2) is 0 Å². The van der Waals surface area contributed by atoms with E-state index in [0.29, 0.717) is 0 Å². The van der Waals surface area contributed by atoms with E-state index < -0.39 is 10.1 Å². The molecule has 15 heavy (non-hydrogen) atoms. The van der Waals surface area contributed by atoms with Crippen LogP contribution in [0.15, 0.2) is 0 Å². The van der Waals surface area contributed by atoms with Crippen LogP contribution in [0.4, 0.5) is 0 Å². The van der Waals surface area contributed by atoms with Gasteiger partial charge in [0.25, 0.3) is 10.1 Å². The van der Waals surface area contributed by atoms with Crippen LogP contribution in [0.3, 0.4) is 0 Å². The van der Waals surface area contributed by atoms with E-state index in [1.54, 1.807) is 11.8 Å².